The summed E-state index contributed by atoms with van der Waals surface area (Å²) in [6.07, 6.45) is 0.640. The number of benzene rings is 1. The molecule has 2 heterocycles. The minimum atomic E-state index is -5.08. The van der Waals surface area contributed by atoms with Gasteiger partial charge >= 0.3 is 18.1 Å². The van der Waals surface area contributed by atoms with Crippen LogP contribution in [0.25, 0.3) is 0 Å². The van der Waals surface area contributed by atoms with Crippen molar-refractivity contribution in [3.8, 4) is 0 Å². The molecule has 36 heavy (non-hydrogen) atoms. The number of carboxylic acid groups (broad SMARTS) is 2. The lowest BCUT2D eigenvalue weighted by molar-refractivity contribution is -0.192. The maximum absolute atomic E-state index is 12.7. The minimum absolute atomic E-state index is 0.0333. The van der Waals surface area contributed by atoms with E-state index in [1.807, 2.05) is 4.90 Å². The maximum atomic E-state index is 12.7. The summed E-state index contributed by atoms with van der Waals surface area (Å²) in [6, 6.07) is 8.25. The number of hydrogen-bond donors (Lipinski definition) is 4. The van der Waals surface area contributed by atoms with Gasteiger partial charge < -0.3 is 26.2 Å². The van der Waals surface area contributed by atoms with Gasteiger partial charge in [0.15, 0.2) is 6.29 Å². The third kappa shape index (κ3) is 5.13. The summed E-state index contributed by atoms with van der Waals surface area (Å²) in [5.74, 6) is -0.394. The molecule has 6 N–H and O–H groups in total. The average Bonchev–Trinajstić information content (AvgIpc) is 3.55. The average molecular weight is 512 g/mol. The number of alkyl halides is 3. The summed E-state index contributed by atoms with van der Waals surface area (Å²) >= 11 is 0. The van der Waals surface area contributed by atoms with Crippen molar-refractivity contribution in [3.05, 3.63) is 59.5 Å². The van der Waals surface area contributed by atoms with Crippen LogP contribution >= 0.6 is 0 Å². The number of Topliss-reactive ketones (excluding diaryl/α,β-unsaturated/α-hetero) is 1. The van der Waals surface area contributed by atoms with E-state index in [1.54, 1.807) is 30.3 Å². The third-order valence-electron chi connectivity index (χ3n) is 5.72. The number of furan rings is 1. The maximum Gasteiger partial charge on any atom is 0.490 e. The van der Waals surface area contributed by atoms with E-state index in [0.717, 1.165) is 12.8 Å². The van der Waals surface area contributed by atoms with Gasteiger partial charge in [-0.25, -0.2) is 9.59 Å². The van der Waals surface area contributed by atoms with Crippen molar-refractivity contribution in [1.29, 1.82) is 0 Å². The largest absolute Gasteiger partial charge is 0.490 e. The normalized spacial score (nSPS) is 17.4. The molecule has 1 aromatic carbocycles. The number of aliphatic carboxylic acids is 2. The summed E-state index contributed by atoms with van der Waals surface area (Å²) in [4.78, 5) is 47.4. The van der Waals surface area contributed by atoms with Gasteiger partial charge in [-0.15, -0.1) is 0 Å². The van der Waals surface area contributed by atoms with Crippen LogP contribution in [-0.2, 0) is 24.7 Å². The Hall–Kier alpha value is -4.04. The standard InChI is InChI=1S/C20H22N4O5.C2HF3O2/c21-19(18(27)28,17(26)12-25)20(16-7-10-29-13-16,24-8-1-2-9-24)15-5-3-14(4-6-15)11-23-22;3-2(4,5)1(6)7/h3-7,10-13H,1-2,8-9,21-22H2,(H,27,28);(H,6,7). The van der Waals surface area contributed by atoms with Crippen molar-refractivity contribution in [2.45, 2.75) is 30.1 Å². The molecule has 11 nitrogen and oxygen atoms in total. The highest BCUT2D eigenvalue weighted by molar-refractivity contribution is 6.36. The molecule has 2 aromatic rings. The number of carbonyl (C=O) groups is 4. The molecule has 1 aromatic heterocycles. The molecule has 0 spiro atoms. The van der Waals surface area contributed by atoms with E-state index in [0.29, 0.717) is 29.8 Å². The van der Waals surface area contributed by atoms with Gasteiger partial charge in [0.2, 0.25) is 11.3 Å². The minimum Gasteiger partial charge on any atom is -0.479 e. The number of halogens is 3. The van der Waals surface area contributed by atoms with Gasteiger partial charge in [0.05, 0.1) is 18.7 Å². The van der Waals surface area contributed by atoms with E-state index in [4.69, 9.17) is 25.9 Å². The Morgan fingerprint density at radius 2 is 1.56 bits per heavy atom. The predicted molar refractivity (Wildman–Crippen MR) is 118 cm³/mol. The molecule has 14 heteroatoms. The van der Waals surface area contributed by atoms with Crippen LogP contribution in [0.1, 0.15) is 29.5 Å². The van der Waals surface area contributed by atoms with Gasteiger partial charge in [0, 0.05) is 5.56 Å². The summed E-state index contributed by atoms with van der Waals surface area (Å²) in [5.41, 5.74) is 3.63. The highest BCUT2D eigenvalue weighted by atomic mass is 19.4. The lowest BCUT2D eigenvalue weighted by Gasteiger charge is -2.49. The van der Waals surface area contributed by atoms with Gasteiger partial charge in [0.25, 0.3) is 0 Å². The zero-order valence-corrected chi connectivity index (χ0v) is 18.6. The number of likely N-dealkylation sites (tertiary alicyclic amines) is 1. The zero-order valence-electron chi connectivity index (χ0n) is 18.6. The topological polar surface area (TPSA) is 190 Å². The van der Waals surface area contributed by atoms with E-state index in [-0.39, 0.29) is 6.29 Å². The summed E-state index contributed by atoms with van der Waals surface area (Å²) < 4.78 is 37.0. The van der Waals surface area contributed by atoms with Crippen LogP contribution in [0.4, 0.5) is 13.2 Å². The molecule has 1 saturated heterocycles. The molecule has 0 bridgehead atoms. The fourth-order valence-corrected chi connectivity index (χ4v) is 4.19. The molecule has 1 aliphatic rings. The molecule has 1 fully saturated rings. The molecule has 3 rings (SSSR count). The smallest absolute Gasteiger partial charge is 0.479 e. The van der Waals surface area contributed by atoms with Crippen LogP contribution in [0.2, 0.25) is 0 Å². The van der Waals surface area contributed by atoms with Crippen LogP contribution < -0.4 is 11.6 Å². The highest BCUT2D eigenvalue weighted by Crippen LogP contribution is 2.46. The molecule has 2 unspecified atom stereocenters. The fraction of sp³-hybridized carbons (Fsp3) is 0.318. The first-order valence-corrected chi connectivity index (χ1v) is 10.3. The molecule has 2 atom stereocenters. The van der Waals surface area contributed by atoms with Gasteiger partial charge in [-0.2, -0.15) is 18.3 Å². The van der Waals surface area contributed by atoms with Crippen LogP contribution in [-0.4, -0.2) is 70.1 Å². The van der Waals surface area contributed by atoms with Gasteiger partial charge in [-0.1, -0.05) is 24.3 Å². The molecular weight excluding hydrogens is 489 g/mol. The predicted octanol–water partition coefficient (Wildman–Crippen LogP) is 1.09. The van der Waals surface area contributed by atoms with Crippen LogP contribution in [0.5, 0.6) is 0 Å². The fourth-order valence-electron chi connectivity index (χ4n) is 4.19. The SMILES string of the molecule is NN=Cc1ccc(C(c2ccoc2)(N2CCCC2)C(N)(C(=O)O)C(=O)C=O)cc1.O=C(O)C(F)(F)F. The number of nitrogens with two attached hydrogens (primary N) is 2. The molecule has 194 valence electrons. The summed E-state index contributed by atoms with van der Waals surface area (Å²) in [5, 5.41) is 20.7. The second-order valence-corrected chi connectivity index (χ2v) is 7.71. The Balaban J connectivity index is 0.000000572. The van der Waals surface area contributed by atoms with Gasteiger partial charge in [-0.05, 0) is 43.1 Å². The highest BCUT2D eigenvalue weighted by Gasteiger charge is 2.64. The number of hydrogen-bond acceptors (Lipinski definition) is 9. The lowest BCUT2D eigenvalue weighted by atomic mass is 9.65. The van der Waals surface area contributed by atoms with Crippen LogP contribution in [0, 0.1) is 0 Å². The van der Waals surface area contributed by atoms with Crippen LogP contribution in [0.15, 0.2) is 52.4 Å². The van der Waals surface area contributed by atoms with Crippen molar-refractivity contribution in [3.63, 3.8) is 0 Å². The van der Waals surface area contributed by atoms with Crippen molar-refractivity contribution in [2.24, 2.45) is 16.7 Å². The quantitative estimate of drug-likeness (QED) is 0.0995. The lowest BCUT2D eigenvalue weighted by Crippen LogP contribution is -2.74. The van der Waals surface area contributed by atoms with E-state index in [1.165, 1.54) is 18.7 Å². The van der Waals surface area contributed by atoms with E-state index in [9.17, 15) is 32.7 Å². The monoisotopic (exact) mass is 512 g/mol. The Morgan fingerprint density at radius 3 is 1.94 bits per heavy atom. The van der Waals surface area contributed by atoms with Crippen molar-refractivity contribution >= 4 is 30.2 Å². The number of carboxylic acids is 2. The van der Waals surface area contributed by atoms with Crippen LogP contribution in [0.3, 0.4) is 0 Å². The first kappa shape index (κ1) is 28.2. The summed E-state index contributed by atoms with van der Waals surface area (Å²) in [7, 11) is 0. The van der Waals surface area contributed by atoms with Gasteiger partial charge in [-0.3, -0.25) is 14.5 Å². The van der Waals surface area contributed by atoms with E-state index in [2.05, 4.69) is 5.10 Å². The zero-order chi connectivity index (χ0) is 27.1. The number of rotatable bonds is 8. The third-order valence-corrected chi connectivity index (χ3v) is 5.72. The first-order valence-electron chi connectivity index (χ1n) is 10.3. The number of aldehydes is 1. The number of hydrazone groups is 1. The number of ketones is 1. The second-order valence-electron chi connectivity index (χ2n) is 7.71. The molecule has 1 aliphatic heterocycles. The summed E-state index contributed by atoms with van der Waals surface area (Å²) in [6.45, 7) is 0.991. The number of nitrogens with zero attached hydrogens (tertiary/aromatic N) is 2. The molecule has 0 amide bonds. The van der Waals surface area contributed by atoms with Gasteiger partial charge in [0.1, 0.15) is 5.54 Å². The van der Waals surface area contributed by atoms with E-state index >= 15 is 0 Å². The Morgan fingerprint density at radius 1 is 1.00 bits per heavy atom. The first-order chi connectivity index (χ1) is 16.9. The Bertz CT molecular complexity index is 1110. The van der Waals surface area contributed by atoms with Crippen molar-refractivity contribution in [2.75, 3.05) is 13.1 Å². The molecular formula is C22H23F3N4O7. The molecule has 0 radical (unpaired) electrons. The molecule has 0 saturated carbocycles. The molecule has 0 aliphatic carbocycles. The Labute approximate surface area is 202 Å². The Kier molecular flexibility index (Phi) is 8.72. The van der Waals surface area contributed by atoms with Crippen molar-refractivity contribution in [1.82, 2.24) is 4.90 Å². The van der Waals surface area contributed by atoms with Crippen molar-refractivity contribution < 1.29 is 47.0 Å². The number of carbonyl (C=O) groups excluding carboxylic acids is 2. The van der Waals surface area contributed by atoms with E-state index < -0.39 is 35.0 Å². The second kappa shape index (κ2) is 11.1.